The van der Waals surface area contributed by atoms with E-state index in [0.717, 1.165) is 0 Å². The average molecular weight is 426 g/mol. The molecule has 0 atom stereocenters. The molecule has 0 radical (unpaired) electrons. The minimum atomic E-state index is -3.88. The number of carbonyl (C=O) groups excluding carboxylic acids is 1. The van der Waals surface area contributed by atoms with Crippen LogP contribution in [0.25, 0.3) is 0 Å². The molecule has 1 amide bonds. The Kier molecular flexibility index (Phi) is 6.58. The summed E-state index contributed by atoms with van der Waals surface area (Å²) in [6.45, 7) is 2.39. The lowest BCUT2D eigenvalue weighted by atomic mass is 10.2. The summed E-state index contributed by atoms with van der Waals surface area (Å²) in [5.74, 6) is 0.623. The second-order valence-electron chi connectivity index (χ2n) is 6.25. The Bertz CT molecular complexity index is 1110. The van der Waals surface area contributed by atoms with Gasteiger partial charge in [-0.25, -0.2) is 8.42 Å². The van der Waals surface area contributed by atoms with Crippen LogP contribution in [0.1, 0.15) is 17.3 Å². The first-order valence-electron chi connectivity index (χ1n) is 9.23. The number of sulfonamides is 1. The molecule has 0 heterocycles. The lowest BCUT2D eigenvalue weighted by molar-refractivity contribution is 0.102. The van der Waals surface area contributed by atoms with Crippen molar-refractivity contribution in [3.63, 3.8) is 0 Å². The van der Waals surface area contributed by atoms with Crippen LogP contribution in [0.2, 0.25) is 0 Å². The van der Waals surface area contributed by atoms with E-state index >= 15 is 0 Å². The van der Waals surface area contributed by atoms with E-state index in [-0.39, 0.29) is 16.5 Å². The Balaban J connectivity index is 1.84. The molecule has 0 fully saturated rings. The molecule has 0 saturated heterocycles. The SMILES string of the molecule is CCOc1ccc(NS(=O)(=O)c2ccc(OC)c(NC(=O)c3ccccc3)c2)cc1. The number of carbonyl (C=O) groups is 1. The minimum absolute atomic E-state index is 0.0134. The minimum Gasteiger partial charge on any atom is -0.495 e. The summed E-state index contributed by atoms with van der Waals surface area (Å²) < 4.78 is 38.8. The van der Waals surface area contributed by atoms with Gasteiger partial charge in [0.2, 0.25) is 0 Å². The molecule has 0 unspecified atom stereocenters. The lowest BCUT2D eigenvalue weighted by Crippen LogP contribution is -2.15. The molecule has 0 aromatic heterocycles. The molecule has 7 nitrogen and oxygen atoms in total. The van der Waals surface area contributed by atoms with Gasteiger partial charge in [-0.3, -0.25) is 9.52 Å². The van der Waals surface area contributed by atoms with Crippen LogP contribution in [-0.4, -0.2) is 28.0 Å². The molecule has 0 aliphatic heterocycles. The first-order chi connectivity index (χ1) is 14.4. The molecule has 3 aromatic carbocycles. The van der Waals surface area contributed by atoms with Crippen molar-refractivity contribution < 1.29 is 22.7 Å². The molecule has 0 aliphatic rings. The fraction of sp³-hybridized carbons (Fsp3) is 0.136. The monoisotopic (exact) mass is 426 g/mol. The Morgan fingerprint density at radius 3 is 2.30 bits per heavy atom. The van der Waals surface area contributed by atoms with Gasteiger partial charge in [0.25, 0.3) is 15.9 Å². The maximum absolute atomic E-state index is 12.8. The summed E-state index contributed by atoms with van der Waals surface area (Å²) >= 11 is 0. The Hall–Kier alpha value is -3.52. The highest BCUT2D eigenvalue weighted by Gasteiger charge is 2.18. The maximum atomic E-state index is 12.8. The van der Waals surface area contributed by atoms with Crippen molar-refractivity contribution in [3.8, 4) is 11.5 Å². The highest BCUT2D eigenvalue weighted by atomic mass is 32.2. The average Bonchev–Trinajstić information content (AvgIpc) is 2.75. The van der Waals surface area contributed by atoms with Crippen LogP contribution >= 0.6 is 0 Å². The number of nitrogens with one attached hydrogen (secondary N) is 2. The molecule has 3 aromatic rings. The Labute approximate surface area is 175 Å². The van der Waals surface area contributed by atoms with Crippen molar-refractivity contribution in [2.24, 2.45) is 0 Å². The summed E-state index contributed by atoms with van der Waals surface area (Å²) in [6, 6.07) is 19.5. The van der Waals surface area contributed by atoms with E-state index in [1.807, 2.05) is 6.92 Å². The van der Waals surface area contributed by atoms with E-state index < -0.39 is 10.0 Å². The molecule has 2 N–H and O–H groups in total. The first-order valence-corrected chi connectivity index (χ1v) is 10.7. The van der Waals surface area contributed by atoms with Crippen LogP contribution in [0, 0.1) is 0 Å². The molecule has 0 spiro atoms. The fourth-order valence-electron chi connectivity index (χ4n) is 2.74. The van der Waals surface area contributed by atoms with Crippen LogP contribution in [0.4, 0.5) is 11.4 Å². The first kappa shape index (κ1) is 21.2. The van der Waals surface area contributed by atoms with E-state index in [4.69, 9.17) is 9.47 Å². The molecule has 8 heteroatoms. The molecule has 0 saturated carbocycles. The normalized spacial score (nSPS) is 10.9. The molecule has 30 heavy (non-hydrogen) atoms. The molecule has 0 bridgehead atoms. The molecular weight excluding hydrogens is 404 g/mol. The summed E-state index contributed by atoms with van der Waals surface area (Å²) in [4.78, 5) is 12.5. The number of methoxy groups -OCH3 is 1. The van der Waals surface area contributed by atoms with Crippen molar-refractivity contribution >= 4 is 27.3 Å². The highest BCUT2D eigenvalue weighted by molar-refractivity contribution is 7.92. The topological polar surface area (TPSA) is 93.7 Å². The van der Waals surface area contributed by atoms with Crippen molar-refractivity contribution in [1.82, 2.24) is 0 Å². The molecule has 156 valence electrons. The number of hydrogen-bond acceptors (Lipinski definition) is 5. The smallest absolute Gasteiger partial charge is 0.261 e. The van der Waals surface area contributed by atoms with Crippen molar-refractivity contribution in [3.05, 3.63) is 78.4 Å². The van der Waals surface area contributed by atoms with Crippen molar-refractivity contribution in [2.45, 2.75) is 11.8 Å². The second-order valence-corrected chi connectivity index (χ2v) is 7.93. The summed E-state index contributed by atoms with van der Waals surface area (Å²) in [5.41, 5.74) is 1.09. The lowest BCUT2D eigenvalue weighted by Gasteiger charge is -2.14. The third-order valence-corrected chi connectivity index (χ3v) is 5.56. The van der Waals surface area contributed by atoms with Crippen LogP contribution in [0.15, 0.2) is 77.7 Å². The zero-order chi connectivity index (χ0) is 21.6. The predicted octanol–water partition coefficient (Wildman–Crippen LogP) is 4.15. The summed E-state index contributed by atoms with van der Waals surface area (Å²) in [5, 5.41) is 2.70. The molecular formula is C22H22N2O5S. The molecule has 0 aliphatic carbocycles. The van der Waals surface area contributed by atoms with Gasteiger partial charge >= 0.3 is 0 Å². The quantitative estimate of drug-likeness (QED) is 0.564. The Morgan fingerprint density at radius 2 is 1.67 bits per heavy atom. The van der Waals surface area contributed by atoms with Gasteiger partial charge < -0.3 is 14.8 Å². The third kappa shape index (κ3) is 5.09. The van der Waals surface area contributed by atoms with Crippen LogP contribution in [0.5, 0.6) is 11.5 Å². The Morgan fingerprint density at radius 1 is 0.967 bits per heavy atom. The zero-order valence-corrected chi connectivity index (χ0v) is 17.4. The number of ether oxygens (including phenoxy) is 2. The predicted molar refractivity (Wildman–Crippen MR) is 116 cm³/mol. The number of hydrogen-bond donors (Lipinski definition) is 2. The van der Waals surface area contributed by atoms with E-state index in [2.05, 4.69) is 10.0 Å². The summed E-state index contributed by atoms with van der Waals surface area (Å²) in [6.07, 6.45) is 0. The van der Waals surface area contributed by atoms with Gasteiger partial charge in [-0.05, 0) is 61.5 Å². The second kappa shape index (κ2) is 9.32. The molecule has 3 rings (SSSR count). The van der Waals surface area contributed by atoms with E-state index in [0.29, 0.717) is 29.4 Å². The number of rotatable bonds is 8. The number of amides is 1. The van der Waals surface area contributed by atoms with Crippen molar-refractivity contribution in [2.75, 3.05) is 23.8 Å². The van der Waals surface area contributed by atoms with Crippen LogP contribution in [0.3, 0.4) is 0 Å². The summed E-state index contributed by atoms with van der Waals surface area (Å²) in [7, 11) is -2.44. The maximum Gasteiger partial charge on any atom is 0.261 e. The fourth-order valence-corrected chi connectivity index (χ4v) is 3.82. The van der Waals surface area contributed by atoms with Gasteiger partial charge in [0.1, 0.15) is 11.5 Å². The number of benzene rings is 3. The number of anilines is 2. The van der Waals surface area contributed by atoms with Gasteiger partial charge in [-0.2, -0.15) is 0 Å². The van der Waals surface area contributed by atoms with E-state index in [9.17, 15) is 13.2 Å². The highest BCUT2D eigenvalue weighted by Crippen LogP contribution is 2.29. The van der Waals surface area contributed by atoms with Crippen LogP contribution in [-0.2, 0) is 10.0 Å². The largest absolute Gasteiger partial charge is 0.495 e. The van der Waals surface area contributed by atoms with Gasteiger partial charge in [0.05, 0.1) is 24.3 Å². The van der Waals surface area contributed by atoms with E-state index in [1.165, 1.54) is 25.3 Å². The zero-order valence-electron chi connectivity index (χ0n) is 16.6. The standard InChI is InChI=1S/C22H22N2O5S/c1-3-29-18-11-9-17(10-12-18)24-30(26,27)19-13-14-21(28-2)20(15-19)23-22(25)16-7-5-4-6-8-16/h4-15,24H,3H2,1-2H3,(H,23,25). The van der Waals surface area contributed by atoms with E-state index in [1.54, 1.807) is 54.6 Å². The van der Waals surface area contributed by atoms with Gasteiger partial charge in [-0.15, -0.1) is 0 Å². The van der Waals surface area contributed by atoms with Gasteiger partial charge in [0, 0.05) is 11.3 Å². The van der Waals surface area contributed by atoms with Gasteiger partial charge in [-0.1, -0.05) is 18.2 Å². The van der Waals surface area contributed by atoms with Gasteiger partial charge in [0.15, 0.2) is 0 Å². The third-order valence-electron chi connectivity index (χ3n) is 4.18. The van der Waals surface area contributed by atoms with Crippen molar-refractivity contribution in [1.29, 1.82) is 0 Å². The van der Waals surface area contributed by atoms with Crippen LogP contribution < -0.4 is 19.5 Å².